The lowest BCUT2D eigenvalue weighted by Gasteiger charge is -2.11. The predicted octanol–water partition coefficient (Wildman–Crippen LogP) is 6.60. The average molecular weight is 478 g/mol. The second kappa shape index (κ2) is 9.68. The van der Waals surface area contributed by atoms with Crippen LogP contribution in [-0.4, -0.2) is 27.4 Å². The van der Waals surface area contributed by atoms with Crippen molar-refractivity contribution in [2.45, 2.75) is 26.3 Å². The van der Waals surface area contributed by atoms with E-state index >= 15 is 0 Å². The van der Waals surface area contributed by atoms with Gasteiger partial charge in [-0.2, -0.15) is 0 Å². The summed E-state index contributed by atoms with van der Waals surface area (Å²) in [7, 11) is 0. The highest BCUT2D eigenvalue weighted by Gasteiger charge is 2.28. The highest BCUT2D eigenvalue weighted by molar-refractivity contribution is 6.03. The van der Waals surface area contributed by atoms with E-state index in [9.17, 15) is 23.1 Å². The van der Waals surface area contributed by atoms with Gasteiger partial charge in [-0.1, -0.05) is 43.0 Å². The van der Waals surface area contributed by atoms with Crippen molar-refractivity contribution in [3.8, 4) is 11.1 Å². The van der Waals surface area contributed by atoms with Gasteiger partial charge in [0.25, 0.3) is 0 Å². The molecule has 0 spiro atoms. The molecule has 5 nitrogen and oxygen atoms in total. The summed E-state index contributed by atoms with van der Waals surface area (Å²) in [6.45, 7) is 5.27. The number of pyridine rings is 2. The Morgan fingerprint density at radius 3 is 2.46 bits per heavy atom. The van der Waals surface area contributed by atoms with Gasteiger partial charge in [0.2, 0.25) is 0 Å². The fourth-order valence-corrected chi connectivity index (χ4v) is 3.82. The molecule has 0 fully saturated rings. The summed E-state index contributed by atoms with van der Waals surface area (Å²) in [4.78, 5) is 20.6. The first-order valence-corrected chi connectivity index (χ1v) is 10.7. The fraction of sp³-hybridized carbons (Fsp3) is 0.148. The third-order valence-corrected chi connectivity index (χ3v) is 5.44. The predicted molar refractivity (Wildman–Crippen MR) is 127 cm³/mol. The van der Waals surface area contributed by atoms with Gasteiger partial charge in [0.05, 0.1) is 23.4 Å². The minimum atomic E-state index is -4.68. The van der Waals surface area contributed by atoms with Crippen molar-refractivity contribution in [1.29, 1.82) is 0 Å². The van der Waals surface area contributed by atoms with Gasteiger partial charge >= 0.3 is 12.3 Å². The number of hydrogen-bond donors (Lipinski definition) is 1. The summed E-state index contributed by atoms with van der Waals surface area (Å²) in [5.74, 6) is -1.02. The number of rotatable bonds is 7. The highest BCUT2D eigenvalue weighted by Crippen LogP contribution is 2.27. The van der Waals surface area contributed by atoms with Crippen LogP contribution in [0, 0.1) is 6.92 Å². The van der Waals surface area contributed by atoms with Crippen molar-refractivity contribution in [1.82, 2.24) is 9.97 Å². The number of aryl methyl sites for hydroxylation is 1. The topological polar surface area (TPSA) is 72.3 Å². The summed E-state index contributed by atoms with van der Waals surface area (Å²) in [5.41, 5.74) is 5.58. The maximum Gasteiger partial charge on any atom is 0.522 e. The number of ether oxygens (including phenoxy) is 1. The molecule has 178 valence electrons. The molecule has 8 heteroatoms. The first-order chi connectivity index (χ1) is 16.6. The molecule has 0 aliphatic carbocycles. The third-order valence-electron chi connectivity index (χ3n) is 5.44. The van der Waals surface area contributed by atoms with E-state index in [-0.39, 0.29) is 5.56 Å². The molecule has 0 aliphatic rings. The molecule has 1 N–H and O–H groups in total. The zero-order valence-electron chi connectivity index (χ0n) is 18.8. The lowest BCUT2D eigenvalue weighted by atomic mass is 9.99. The molecular weight excluding hydrogens is 457 g/mol. The van der Waals surface area contributed by atoms with E-state index in [2.05, 4.69) is 21.3 Å². The molecule has 0 saturated heterocycles. The van der Waals surface area contributed by atoms with Crippen LogP contribution in [0.25, 0.3) is 27.6 Å². The number of halogens is 3. The standard InChI is InChI=1S/C27H21F3N2O3/c1-16(10-18-4-3-5-19(12-18)15-35-27(28,29)30)24-8-7-21(14-31-24)20-6-9-25-22(13-20)23(26(33)34)11-17(2)32-25/h3-9,11-14H,1,10,15H2,2H3,(H,33,34). The van der Waals surface area contributed by atoms with Crippen LogP contribution < -0.4 is 0 Å². The Hall–Kier alpha value is -4.04. The molecule has 0 saturated carbocycles. The molecule has 0 radical (unpaired) electrons. The van der Waals surface area contributed by atoms with E-state index in [0.29, 0.717) is 39.8 Å². The summed E-state index contributed by atoms with van der Waals surface area (Å²) in [6.07, 6.45) is -2.59. The summed E-state index contributed by atoms with van der Waals surface area (Å²) in [5, 5.41) is 10.1. The largest absolute Gasteiger partial charge is 0.522 e. The summed E-state index contributed by atoms with van der Waals surface area (Å²) >= 11 is 0. The second-order valence-corrected chi connectivity index (χ2v) is 8.12. The van der Waals surface area contributed by atoms with Crippen LogP contribution in [0.5, 0.6) is 0 Å². The molecular formula is C27H21F3N2O3. The van der Waals surface area contributed by atoms with Crippen LogP contribution in [0.3, 0.4) is 0 Å². The van der Waals surface area contributed by atoms with E-state index < -0.39 is 18.9 Å². The second-order valence-electron chi connectivity index (χ2n) is 8.12. The molecule has 4 aromatic rings. The van der Waals surface area contributed by atoms with Gasteiger partial charge in [0, 0.05) is 22.8 Å². The minimum Gasteiger partial charge on any atom is -0.478 e. The number of carbonyl (C=O) groups is 1. The molecule has 4 rings (SSSR count). The molecule has 2 aromatic heterocycles. The quantitative estimate of drug-likeness (QED) is 0.324. The van der Waals surface area contributed by atoms with Crippen LogP contribution in [0.1, 0.15) is 32.9 Å². The number of hydrogen-bond acceptors (Lipinski definition) is 4. The summed E-state index contributed by atoms with van der Waals surface area (Å²) in [6, 6.07) is 17.4. The lowest BCUT2D eigenvalue weighted by Crippen LogP contribution is -2.12. The van der Waals surface area contributed by atoms with Gasteiger partial charge in [-0.25, -0.2) is 4.79 Å². The van der Waals surface area contributed by atoms with Gasteiger partial charge < -0.3 is 5.11 Å². The number of carboxylic acids is 1. The van der Waals surface area contributed by atoms with E-state index in [0.717, 1.165) is 16.7 Å². The number of fused-ring (bicyclic) bond motifs is 1. The van der Waals surface area contributed by atoms with Crippen molar-refractivity contribution >= 4 is 22.4 Å². The lowest BCUT2D eigenvalue weighted by molar-refractivity contribution is -0.330. The zero-order chi connectivity index (χ0) is 25.2. The Balaban J connectivity index is 1.52. The Labute approximate surface area is 199 Å². The van der Waals surface area contributed by atoms with Gasteiger partial charge in [-0.05, 0) is 59.9 Å². The third kappa shape index (κ3) is 5.91. The molecule has 2 aromatic carbocycles. The van der Waals surface area contributed by atoms with Gasteiger partial charge in [0.1, 0.15) is 0 Å². The van der Waals surface area contributed by atoms with Crippen molar-refractivity contribution < 1.29 is 27.8 Å². The van der Waals surface area contributed by atoms with Gasteiger partial charge in [-0.15, -0.1) is 13.2 Å². The Morgan fingerprint density at radius 1 is 1.03 bits per heavy atom. The van der Waals surface area contributed by atoms with E-state index in [1.165, 1.54) is 0 Å². The SMILES string of the molecule is C=C(Cc1cccc(COC(F)(F)F)c1)c1ccc(-c2ccc3nc(C)cc(C(=O)O)c3c2)cn1. The molecule has 2 heterocycles. The van der Waals surface area contributed by atoms with Crippen LogP contribution in [0.15, 0.2) is 73.4 Å². The van der Waals surface area contributed by atoms with Crippen LogP contribution in [0.2, 0.25) is 0 Å². The molecule has 0 atom stereocenters. The monoisotopic (exact) mass is 478 g/mol. The minimum absolute atomic E-state index is 0.190. The average Bonchev–Trinajstić information content (AvgIpc) is 2.82. The molecule has 0 amide bonds. The summed E-state index contributed by atoms with van der Waals surface area (Å²) < 4.78 is 40.8. The fourth-order valence-electron chi connectivity index (χ4n) is 3.82. The maximum absolute atomic E-state index is 12.3. The maximum atomic E-state index is 12.3. The van der Waals surface area contributed by atoms with Crippen molar-refractivity contribution in [2.24, 2.45) is 0 Å². The number of nitrogens with zero attached hydrogens (tertiary/aromatic N) is 2. The van der Waals surface area contributed by atoms with Crippen LogP contribution in [-0.2, 0) is 17.8 Å². The zero-order valence-corrected chi connectivity index (χ0v) is 18.8. The molecule has 0 aliphatic heterocycles. The number of allylic oxidation sites excluding steroid dienone is 1. The normalized spacial score (nSPS) is 11.5. The van der Waals surface area contributed by atoms with Crippen LogP contribution in [0.4, 0.5) is 13.2 Å². The number of aromatic carboxylic acids is 1. The van der Waals surface area contributed by atoms with Gasteiger partial charge in [-0.3, -0.25) is 14.7 Å². The van der Waals surface area contributed by atoms with Crippen LogP contribution >= 0.6 is 0 Å². The Kier molecular flexibility index (Phi) is 6.66. The number of benzene rings is 2. The van der Waals surface area contributed by atoms with E-state index in [1.807, 2.05) is 24.3 Å². The van der Waals surface area contributed by atoms with Crippen molar-refractivity contribution in [3.05, 3.63) is 102 Å². The van der Waals surface area contributed by atoms with Gasteiger partial charge in [0.15, 0.2) is 0 Å². The molecule has 0 unspecified atom stereocenters. The Bertz CT molecular complexity index is 1410. The number of aromatic nitrogens is 2. The number of alkyl halides is 3. The Morgan fingerprint density at radius 2 is 1.77 bits per heavy atom. The molecule has 35 heavy (non-hydrogen) atoms. The van der Waals surface area contributed by atoms with E-state index in [1.54, 1.807) is 49.5 Å². The van der Waals surface area contributed by atoms with Crippen molar-refractivity contribution in [2.75, 3.05) is 0 Å². The first kappa shape index (κ1) is 24.1. The van der Waals surface area contributed by atoms with E-state index in [4.69, 9.17) is 0 Å². The molecule has 0 bridgehead atoms. The number of carboxylic acid groups (broad SMARTS) is 1. The van der Waals surface area contributed by atoms with Crippen molar-refractivity contribution in [3.63, 3.8) is 0 Å². The highest BCUT2D eigenvalue weighted by atomic mass is 19.4. The smallest absolute Gasteiger partial charge is 0.478 e. The first-order valence-electron chi connectivity index (χ1n) is 10.7.